The number of carbonyl (C=O) groups is 1. The number of ether oxygens (including phenoxy) is 1. The smallest absolute Gasteiger partial charge is 0.344 e. The first-order valence-electron chi connectivity index (χ1n) is 4.98. The molecule has 88 valence electrons. The molecule has 1 unspecified atom stereocenters. The van der Waals surface area contributed by atoms with Crippen molar-refractivity contribution in [2.75, 3.05) is 6.54 Å². The number of halogens is 1. The number of carboxylic acid groups (broad SMARTS) is 1. The zero-order valence-electron chi connectivity index (χ0n) is 8.73. The number of rotatable bonds is 6. The third-order valence-electron chi connectivity index (χ3n) is 2.02. The van der Waals surface area contributed by atoms with E-state index >= 15 is 0 Å². The molecule has 5 heteroatoms. The van der Waals surface area contributed by atoms with Crippen molar-refractivity contribution in [1.82, 2.24) is 0 Å². The Morgan fingerprint density at radius 3 is 2.88 bits per heavy atom. The molecule has 0 fully saturated rings. The minimum absolute atomic E-state index is 0.212. The standard InChI is InChI=1S/C11H14FNO3/c12-8-3-1-4-9(7-8)16-10(11(14)15)5-2-6-13/h1,3-4,7,10H,2,5-6,13H2,(H,14,15). The SMILES string of the molecule is NCCCC(Oc1cccc(F)c1)C(=O)O. The van der Waals surface area contributed by atoms with E-state index in [1.54, 1.807) is 0 Å². The predicted molar refractivity (Wildman–Crippen MR) is 56.7 cm³/mol. The highest BCUT2D eigenvalue weighted by atomic mass is 19.1. The Hall–Kier alpha value is -1.62. The molecule has 0 aliphatic rings. The Labute approximate surface area is 92.8 Å². The molecule has 0 spiro atoms. The highest BCUT2D eigenvalue weighted by Gasteiger charge is 2.18. The summed E-state index contributed by atoms with van der Waals surface area (Å²) in [5.41, 5.74) is 5.29. The van der Waals surface area contributed by atoms with Crippen molar-refractivity contribution >= 4 is 5.97 Å². The molecule has 1 atom stereocenters. The third kappa shape index (κ3) is 3.86. The van der Waals surface area contributed by atoms with Crippen LogP contribution in [0, 0.1) is 5.82 Å². The fourth-order valence-corrected chi connectivity index (χ4v) is 1.24. The summed E-state index contributed by atoms with van der Waals surface area (Å²) in [7, 11) is 0. The van der Waals surface area contributed by atoms with Gasteiger partial charge in [0, 0.05) is 6.07 Å². The molecule has 3 N–H and O–H groups in total. The minimum atomic E-state index is -1.07. The van der Waals surface area contributed by atoms with Crippen molar-refractivity contribution in [3.05, 3.63) is 30.1 Å². The van der Waals surface area contributed by atoms with Gasteiger partial charge >= 0.3 is 5.97 Å². The Morgan fingerprint density at radius 1 is 1.56 bits per heavy atom. The van der Waals surface area contributed by atoms with E-state index in [1.165, 1.54) is 18.2 Å². The highest BCUT2D eigenvalue weighted by Crippen LogP contribution is 2.15. The molecule has 0 saturated heterocycles. The number of benzene rings is 1. The molecule has 1 aromatic carbocycles. The number of hydrogen-bond donors (Lipinski definition) is 2. The van der Waals surface area contributed by atoms with E-state index in [9.17, 15) is 9.18 Å². The van der Waals surface area contributed by atoms with Crippen LogP contribution in [0.4, 0.5) is 4.39 Å². The van der Waals surface area contributed by atoms with Gasteiger partial charge in [0.1, 0.15) is 11.6 Å². The normalized spacial score (nSPS) is 12.1. The second-order valence-corrected chi connectivity index (χ2v) is 3.33. The molecule has 0 aromatic heterocycles. The van der Waals surface area contributed by atoms with E-state index in [1.807, 2.05) is 0 Å². The van der Waals surface area contributed by atoms with Gasteiger partial charge in [0.2, 0.25) is 0 Å². The van der Waals surface area contributed by atoms with Gasteiger partial charge in [-0.05, 0) is 31.5 Å². The molecule has 4 nitrogen and oxygen atoms in total. The summed E-state index contributed by atoms with van der Waals surface area (Å²) in [6.45, 7) is 0.399. The van der Waals surface area contributed by atoms with E-state index in [-0.39, 0.29) is 5.75 Å². The summed E-state index contributed by atoms with van der Waals surface area (Å²) in [6, 6.07) is 5.40. The Kier molecular flexibility index (Phi) is 4.72. The molecular formula is C11H14FNO3. The van der Waals surface area contributed by atoms with Gasteiger partial charge in [0.25, 0.3) is 0 Å². The molecule has 0 amide bonds. The second-order valence-electron chi connectivity index (χ2n) is 3.33. The highest BCUT2D eigenvalue weighted by molar-refractivity contribution is 5.72. The molecule has 1 rings (SSSR count). The zero-order valence-corrected chi connectivity index (χ0v) is 8.73. The Morgan fingerprint density at radius 2 is 2.31 bits per heavy atom. The van der Waals surface area contributed by atoms with Crippen LogP contribution < -0.4 is 10.5 Å². The van der Waals surface area contributed by atoms with Crippen molar-refractivity contribution in [3.63, 3.8) is 0 Å². The van der Waals surface area contributed by atoms with Crippen LogP contribution in [0.5, 0.6) is 5.75 Å². The molecule has 0 heterocycles. The van der Waals surface area contributed by atoms with E-state index in [0.717, 1.165) is 6.07 Å². The Balaban J connectivity index is 2.64. The van der Waals surface area contributed by atoms with Gasteiger partial charge in [-0.15, -0.1) is 0 Å². The van der Waals surface area contributed by atoms with Crippen LogP contribution in [-0.4, -0.2) is 23.7 Å². The summed E-state index contributed by atoms with van der Waals surface area (Å²) in [4.78, 5) is 10.8. The summed E-state index contributed by atoms with van der Waals surface area (Å²) < 4.78 is 18.0. The van der Waals surface area contributed by atoms with Gasteiger partial charge in [-0.25, -0.2) is 9.18 Å². The number of nitrogens with two attached hydrogens (primary N) is 1. The van der Waals surface area contributed by atoms with Gasteiger partial charge < -0.3 is 15.6 Å². The van der Waals surface area contributed by atoms with Gasteiger partial charge in [-0.2, -0.15) is 0 Å². The summed E-state index contributed by atoms with van der Waals surface area (Å²) in [5, 5.41) is 8.87. The maximum absolute atomic E-state index is 12.8. The summed E-state index contributed by atoms with van der Waals surface area (Å²) in [6.07, 6.45) is -0.125. The van der Waals surface area contributed by atoms with E-state index in [2.05, 4.69) is 0 Å². The lowest BCUT2D eigenvalue weighted by atomic mass is 10.2. The van der Waals surface area contributed by atoms with Crippen molar-refractivity contribution < 1.29 is 19.0 Å². The van der Waals surface area contributed by atoms with Crippen molar-refractivity contribution in [1.29, 1.82) is 0 Å². The quantitative estimate of drug-likeness (QED) is 0.770. The maximum Gasteiger partial charge on any atom is 0.344 e. The molecule has 0 bridgehead atoms. The molecule has 0 aliphatic heterocycles. The minimum Gasteiger partial charge on any atom is -0.479 e. The summed E-state index contributed by atoms with van der Waals surface area (Å²) >= 11 is 0. The topological polar surface area (TPSA) is 72.5 Å². The fourth-order valence-electron chi connectivity index (χ4n) is 1.24. The molecule has 0 radical (unpaired) electrons. The van der Waals surface area contributed by atoms with Crippen LogP contribution in [-0.2, 0) is 4.79 Å². The maximum atomic E-state index is 12.8. The first-order valence-corrected chi connectivity index (χ1v) is 4.98. The first kappa shape index (κ1) is 12.4. The molecular weight excluding hydrogens is 213 g/mol. The van der Waals surface area contributed by atoms with Crippen molar-refractivity contribution in [2.45, 2.75) is 18.9 Å². The number of hydrogen-bond acceptors (Lipinski definition) is 3. The molecule has 0 aliphatic carbocycles. The van der Waals surface area contributed by atoms with E-state index < -0.39 is 17.9 Å². The molecule has 16 heavy (non-hydrogen) atoms. The lowest BCUT2D eigenvalue weighted by molar-refractivity contribution is -0.145. The van der Waals surface area contributed by atoms with Gasteiger partial charge in [0.15, 0.2) is 6.10 Å². The van der Waals surface area contributed by atoms with Crippen molar-refractivity contribution in [2.24, 2.45) is 5.73 Å². The van der Waals surface area contributed by atoms with Crippen LogP contribution in [0.1, 0.15) is 12.8 Å². The number of carboxylic acids is 1. The third-order valence-corrected chi connectivity index (χ3v) is 2.02. The van der Waals surface area contributed by atoms with Crippen LogP contribution in [0.25, 0.3) is 0 Å². The van der Waals surface area contributed by atoms with Crippen LogP contribution >= 0.6 is 0 Å². The van der Waals surface area contributed by atoms with Crippen LogP contribution in [0.3, 0.4) is 0 Å². The largest absolute Gasteiger partial charge is 0.479 e. The molecule has 1 aromatic rings. The van der Waals surface area contributed by atoms with Gasteiger partial charge in [-0.1, -0.05) is 6.07 Å². The van der Waals surface area contributed by atoms with Gasteiger partial charge in [0.05, 0.1) is 0 Å². The average molecular weight is 227 g/mol. The van der Waals surface area contributed by atoms with Crippen molar-refractivity contribution in [3.8, 4) is 5.75 Å². The fraction of sp³-hybridized carbons (Fsp3) is 0.364. The summed E-state index contributed by atoms with van der Waals surface area (Å²) in [5.74, 6) is -1.32. The van der Waals surface area contributed by atoms with Crippen LogP contribution in [0.15, 0.2) is 24.3 Å². The first-order chi connectivity index (χ1) is 7.63. The second kappa shape index (κ2) is 6.07. The average Bonchev–Trinajstić information content (AvgIpc) is 2.24. The monoisotopic (exact) mass is 227 g/mol. The van der Waals surface area contributed by atoms with E-state index in [0.29, 0.717) is 19.4 Å². The Bertz CT molecular complexity index is 357. The number of aliphatic carboxylic acids is 1. The predicted octanol–water partition coefficient (Wildman–Crippen LogP) is 1.40. The zero-order chi connectivity index (χ0) is 12.0. The van der Waals surface area contributed by atoms with Gasteiger partial charge in [-0.3, -0.25) is 0 Å². The van der Waals surface area contributed by atoms with Crippen LogP contribution in [0.2, 0.25) is 0 Å². The molecule has 0 saturated carbocycles. The lowest BCUT2D eigenvalue weighted by Crippen LogP contribution is -2.27. The lowest BCUT2D eigenvalue weighted by Gasteiger charge is -2.14. The van der Waals surface area contributed by atoms with E-state index in [4.69, 9.17) is 15.6 Å².